The first-order valence-corrected chi connectivity index (χ1v) is 11.0. The lowest BCUT2D eigenvalue weighted by Gasteiger charge is -2.38. The SMILES string of the molecule is C1=C[C@H](C2CCCCC2)[C@@H](C2CCCCC2)C=CC1=Cc1ccccc1. The fourth-order valence-electron chi connectivity index (χ4n) is 5.58. The van der Waals surface area contributed by atoms with Gasteiger partial charge in [0.05, 0.1) is 0 Å². The van der Waals surface area contributed by atoms with Crippen molar-refractivity contribution in [3.05, 3.63) is 65.8 Å². The minimum absolute atomic E-state index is 0.760. The second-order valence-corrected chi connectivity index (χ2v) is 8.72. The van der Waals surface area contributed by atoms with Crippen LogP contribution in [0.25, 0.3) is 6.08 Å². The van der Waals surface area contributed by atoms with Gasteiger partial charge in [-0.25, -0.2) is 0 Å². The molecule has 26 heavy (non-hydrogen) atoms. The van der Waals surface area contributed by atoms with Crippen LogP contribution in [0.2, 0.25) is 0 Å². The minimum atomic E-state index is 0.760. The second kappa shape index (κ2) is 8.89. The summed E-state index contributed by atoms with van der Waals surface area (Å²) in [7, 11) is 0. The van der Waals surface area contributed by atoms with Crippen LogP contribution in [0.4, 0.5) is 0 Å². The van der Waals surface area contributed by atoms with Crippen molar-refractivity contribution in [2.45, 2.75) is 64.2 Å². The standard InChI is InChI=1S/C26H34/c1-4-10-21(11-5-1)20-22-16-18-25(23-12-6-2-7-13-23)26(19-17-22)24-14-8-3-9-15-24/h1,4-5,10-11,16-20,23-26H,2-3,6-9,12-15H2/t25-,26-/m1/s1. The summed E-state index contributed by atoms with van der Waals surface area (Å²) in [6, 6.07) is 10.8. The highest BCUT2D eigenvalue weighted by atomic mass is 14.4. The Bertz CT molecular complexity index is 600. The average Bonchev–Trinajstić information content (AvgIpc) is 2.93. The summed E-state index contributed by atoms with van der Waals surface area (Å²) >= 11 is 0. The van der Waals surface area contributed by atoms with Gasteiger partial charge < -0.3 is 0 Å². The Hall–Kier alpha value is -1.56. The fourth-order valence-corrected chi connectivity index (χ4v) is 5.58. The maximum absolute atomic E-state index is 2.60. The van der Waals surface area contributed by atoms with Crippen LogP contribution in [0.1, 0.15) is 69.8 Å². The zero-order valence-electron chi connectivity index (χ0n) is 16.2. The maximum atomic E-state index is 2.60. The number of hydrogen-bond acceptors (Lipinski definition) is 0. The van der Waals surface area contributed by atoms with Crippen LogP contribution in [0.15, 0.2) is 60.2 Å². The van der Waals surface area contributed by atoms with Crippen molar-refractivity contribution in [3.63, 3.8) is 0 Å². The molecule has 0 spiro atoms. The van der Waals surface area contributed by atoms with Crippen LogP contribution in [0.3, 0.4) is 0 Å². The smallest absolute Gasteiger partial charge is 0.0136 e. The molecular formula is C26H34. The molecule has 0 heteroatoms. The summed E-state index contributed by atoms with van der Waals surface area (Å²) in [5.41, 5.74) is 2.68. The molecule has 0 aliphatic heterocycles. The molecule has 2 atom stereocenters. The van der Waals surface area contributed by atoms with Crippen molar-refractivity contribution in [1.82, 2.24) is 0 Å². The molecule has 0 aromatic heterocycles. The van der Waals surface area contributed by atoms with Crippen molar-refractivity contribution in [1.29, 1.82) is 0 Å². The molecule has 0 bridgehead atoms. The Labute approximate surface area is 160 Å². The minimum Gasteiger partial charge on any atom is -0.0799 e. The van der Waals surface area contributed by atoms with Gasteiger partial charge in [0, 0.05) is 0 Å². The summed E-state index contributed by atoms with van der Waals surface area (Å²) in [6.07, 6.45) is 26.9. The van der Waals surface area contributed by atoms with Crippen LogP contribution in [0.5, 0.6) is 0 Å². The maximum Gasteiger partial charge on any atom is -0.0136 e. The van der Waals surface area contributed by atoms with Gasteiger partial charge in [0.1, 0.15) is 0 Å². The molecule has 2 saturated carbocycles. The van der Waals surface area contributed by atoms with E-state index in [1.165, 1.54) is 75.3 Å². The highest BCUT2D eigenvalue weighted by molar-refractivity contribution is 5.59. The quantitative estimate of drug-likeness (QED) is 0.529. The van der Waals surface area contributed by atoms with E-state index >= 15 is 0 Å². The largest absolute Gasteiger partial charge is 0.0799 e. The molecule has 138 valence electrons. The molecule has 3 aliphatic carbocycles. The molecule has 1 aromatic carbocycles. The molecule has 0 nitrogen and oxygen atoms in total. The van der Waals surface area contributed by atoms with Gasteiger partial charge in [-0.1, -0.05) is 93.2 Å². The van der Waals surface area contributed by atoms with Crippen molar-refractivity contribution in [2.75, 3.05) is 0 Å². The van der Waals surface area contributed by atoms with Gasteiger partial charge in [-0.2, -0.15) is 0 Å². The molecule has 0 amide bonds. The summed E-state index contributed by atoms with van der Waals surface area (Å²) in [4.78, 5) is 0. The lowest BCUT2D eigenvalue weighted by atomic mass is 9.67. The van der Waals surface area contributed by atoms with E-state index in [1.54, 1.807) is 0 Å². The number of rotatable bonds is 3. The molecule has 2 fully saturated rings. The second-order valence-electron chi connectivity index (χ2n) is 8.72. The van der Waals surface area contributed by atoms with Gasteiger partial charge in [0.2, 0.25) is 0 Å². The van der Waals surface area contributed by atoms with E-state index in [9.17, 15) is 0 Å². The summed E-state index contributed by atoms with van der Waals surface area (Å²) < 4.78 is 0. The molecule has 0 N–H and O–H groups in total. The topological polar surface area (TPSA) is 0 Å². The van der Waals surface area contributed by atoms with E-state index in [2.05, 4.69) is 60.7 Å². The average molecular weight is 347 g/mol. The Balaban J connectivity index is 1.60. The molecule has 1 aromatic rings. The van der Waals surface area contributed by atoms with Crippen LogP contribution in [0, 0.1) is 23.7 Å². The van der Waals surface area contributed by atoms with E-state index in [1.807, 2.05) is 0 Å². The van der Waals surface area contributed by atoms with E-state index < -0.39 is 0 Å². The van der Waals surface area contributed by atoms with Crippen LogP contribution in [-0.4, -0.2) is 0 Å². The third-order valence-electron chi connectivity index (χ3n) is 6.99. The van der Waals surface area contributed by atoms with Crippen molar-refractivity contribution < 1.29 is 0 Å². The van der Waals surface area contributed by atoms with E-state index in [0.717, 1.165) is 23.7 Å². The predicted octanol–water partition coefficient (Wildman–Crippen LogP) is 7.59. The van der Waals surface area contributed by atoms with Gasteiger partial charge in [-0.05, 0) is 66.6 Å². The highest BCUT2D eigenvalue weighted by Crippen LogP contribution is 2.43. The first-order chi connectivity index (χ1) is 12.9. The van der Waals surface area contributed by atoms with E-state index in [0.29, 0.717) is 0 Å². The first kappa shape index (κ1) is 17.8. The zero-order chi connectivity index (χ0) is 17.6. The predicted molar refractivity (Wildman–Crippen MR) is 113 cm³/mol. The molecule has 0 heterocycles. The molecule has 4 rings (SSSR count). The third-order valence-corrected chi connectivity index (χ3v) is 6.99. The summed E-state index contributed by atoms with van der Waals surface area (Å²) in [5.74, 6) is 3.34. The van der Waals surface area contributed by atoms with Gasteiger partial charge in [-0.15, -0.1) is 0 Å². The van der Waals surface area contributed by atoms with Crippen LogP contribution >= 0.6 is 0 Å². The van der Waals surface area contributed by atoms with Gasteiger partial charge in [-0.3, -0.25) is 0 Å². The van der Waals surface area contributed by atoms with E-state index in [-0.39, 0.29) is 0 Å². The Kier molecular flexibility index (Phi) is 6.10. The van der Waals surface area contributed by atoms with Crippen LogP contribution in [-0.2, 0) is 0 Å². The van der Waals surface area contributed by atoms with E-state index in [4.69, 9.17) is 0 Å². The molecular weight excluding hydrogens is 312 g/mol. The Morgan fingerprint density at radius 3 is 1.62 bits per heavy atom. The number of benzene rings is 1. The monoisotopic (exact) mass is 346 g/mol. The summed E-state index contributed by atoms with van der Waals surface area (Å²) in [5, 5.41) is 0. The molecule has 0 unspecified atom stereocenters. The molecule has 0 saturated heterocycles. The van der Waals surface area contributed by atoms with Gasteiger partial charge >= 0.3 is 0 Å². The fraction of sp³-hybridized carbons (Fsp3) is 0.538. The van der Waals surface area contributed by atoms with Crippen molar-refractivity contribution in [3.8, 4) is 0 Å². The zero-order valence-corrected chi connectivity index (χ0v) is 16.2. The molecule has 0 radical (unpaired) electrons. The van der Waals surface area contributed by atoms with Gasteiger partial charge in [0.15, 0.2) is 0 Å². The number of allylic oxidation sites excluding steroid dienone is 5. The molecule has 3 aliphatic rings. The normalized spacial score (nSPS) is 28.1. The van der Waals surface area contributed by atoms with Crippen molar-refractivity contribution >= 4 is 6.08 Å². The summed E-state index contributed by atoms with van der Waals surface area (Å²) in [6.45, 7) is 0. The van der Waals surface area contributed by atoms with Crippen LogP contribution < -0.4 is 0 Å². The van der Waals surface area contributed by atoms with Gasteiger partial charge in [0.25, 0.3) is 0 Å². The highest BCUT2D eigenvalue weighted by Gasteiger charge is 2.33. The van der Waals surface area contributed by atoms with Crippen molar-refractivity contribution in [2.24, 2.45) is 23.7 Å². The first-order valence-electron chi connectivity index (χ1n) is 11.0. The lowest BCUT2D eigenvalue weighted by Crippen LogP contribution is -2.29. The lowest BCUT2D eigenvalue weighted by molar-refractivity contribution is 0.172. The Morgan fingerprint density at radius 1 is 0.615 bits per heavy atom. The Morgan fingerprint density at radius 2 is 1.12 bits per heavy atom. The number of hydrogen-bond donors (Lipinski definition) is 0. The third kappa shape index (κ3) is 4.40.